The van der Waals surface area contributed by atoms with Gasteiger partial charge in [-0.2, -0.15) is 0 Å². The Hall–Kier alpha value is -3.23. The van der Waals surface area contributed by atoms with E-state index in [0.29, 0.717) is 69.6 Å². The molecule has 2 amide bonds. The Bertz CT molecular complexity index is 862. The van der Waals surface area contributed by atoms with E-state index < -0.39 is 0 Å². The average Bonchev–Trinajstić information content (AvgIpc) is 2.79. The van der Waals surface area contributed by atoms with Crippen LogP contribution in [0.5, 0.6) is 0 Å². The SMILES string of the molecule is O=CN1CCN(c2cnc(C(=O)N3CCN(c4ccccc4F)CC3)cn2)CC1. The van der Waals surface area contributed by atoms with Gasteiger partial charge in [-0.3, -0.25) is 9.59 Å². The molecule has 29 heavy (non-hydrogen) atoms. The first kappa shape index (κ1) is 19.1. The first-order chi connectivity index (χ1) is 14.2. The molecule has 1 aromatic carbocycles. The molecule has 2 aliphatic heterocycles. The summed E-state index contributed by atoms with van der Waals surface area (Å²) in [5.41, 5.74) is 0.873. The van der Waals surface area contributed by atoms with Gasteiger partial charge in [-0.05, 0) is 12.1 Å². The number of hydrogen-bond donors (Lipinski definition) is 0. The number of hydrogen-bond acceptors (Lipinski definition) is 6. The molecule has 9 heteroatoms. The monoisotopic (exact) mass is 398 g/mol. The van der Waals surface area contributed by atoms with Crippen molar-refractivity contribution in [3.63, 3.8) is 0 Å². The summed E-state index contributed by atoms with van der Waals surface area (Å²) in [6, 6.07) is 6.68. The highest BCUT2D eigenvalue weighted by Crippen LogP contribution is 2.21. The smallest absolute Gasteiger partial charge is 0.274 e. The highest BCUT2D eigenvalue weighted by Gasteiger charge is 2.25. The van der Waals surface area contributed by atoms with Gasteiger partial charge in [-0.25, -0.2) is 14.4 Å². The number of benzene rings is 1. The van der Waals surface area contributed by atoms with Crippen molar-refractivity contribution in [2.75, 3.05) is 62.2 Å². The van der Waals surface area contributed by atoms with Crippen LogP contribution in [0.3, 0.4) is 0 Å². The van der Waals surface area contributed by atoms with Gasteiger partial charge in [-0.1, -0.05) is 12.1 Å². The molecule has 0 aliphatic carbocycles. The van der Waals surface area contributed by atoms with Gasteiger partial charge in [0.1, 0.15) is 17.3 Å². The summed E-state index contributed by atoms with van der Waals surface area (Å²) in [7, 11) is 0. The molecule has 0 N–H and O–H groups in total. The summed E-state index contributed by atoms with van der Waals surface area (Å²) < 4.78 is 14.0. The number of nitrogens with zero attached hydrogens (tertiary/aromatic N) is 6. The molecule has 0 spiro atoms. The minimum atomic E-state index is -0.247. The lowest BCUT2D eigenvalue weighted by Crippen LogP contribution is -2.49. The molecular formula is C20H23FN6O2. The number of rotatable bonds is 4. The van der Waals surface area contributed by atoms with Crippen LogP contribution in [-0.2, 0) is 4.79 Å². The van der Waals surface area contributed by atoms with E-state index in [1.807, 2.05) is 11.0 Å². The number of carbonyl (C=O) groups excluding carboxylic acids is 2. The van der Waals surface area contributed by atoms with Crippen LogP contribution < -0.4 is 9.80 Å². The van der Waals surface area contributed by atoms with Gasteiger partial charge >= 0.3 is 0 Å². The van der Waals surface area contributed by atoms with Gasteiger partial charge < -0.3 is 19.6 Å². The van der Waals surface area contributed by atoms with E-state index >= 15 is 0 Å². The Morgan fingerprint density at radius 1 is 0.897 bits per heavy atom. The highest BCUT2D eigenvalue weighted by molar-refractivity contribution is 5.92. The van der Waals surface area contributed by atoms with Crippen molar-refractivity contribution in [1.29, 1.82) is 0 Å². The zero-order valence-electron chi connectivity index (χ0n) is 16.1. The van der Waals surface area contributed by atoms with E-state index in [0.717, 1.165) is 6.41 Å². The molecule has 0 saturated carbocycles. The van der Waals surface area contributed by atoms with Gasteiger partial charge in [0.15, 0.2) is 0 Å². The van der Waals surface area contributed by atoms with Crippen LogP contribution in [0.2, 0.25) is 0 Å². The average molecular weight is 398 g/mol. The number of halogens is 1. The predicted octanol–water partition coefficient (Wildman–Crippen LogP) is 0.856. The number of piperazine rings is 2. The zero-order valence-corrected chi connectivity index (χ0v) is 16.1. The molecule has 8 nitrogen and oxygen atoms in total. The number of amides is 2. The van der Waals surface area contributed by atoms with Gasteiger partial charge in [-0.15, -0.1) is 0 Å². The molecule has 3 heterocycles. The number of aromatic nitrogens is 2. The normalized spacial score (nSPS) is 17.4. The molecule has 2 aliphatic rings. The number of para-hydroxylation sites is 1. The highest BCUT2D eigenvalue weighted by atomic mass is 19.1. The maximum atomic E-state index is 14.0. The van der Waals surface area contributed by atoms with Gasteiger partial charge in [0, 0.05) is 52.4 Å². The molecule has 0 radical (unpaired) electrons. The second kappa shape index (κ2) is 8.42. The molecule has 0 unspecified atom stereocenters. The van der Waals surface area contributed by atoms with Crippen LogP contribution in [0.25, 0.3) is 0 Å². The third kappa shape index (κ3) is 4.13. The minimum absolute atomic E-state index is 0.164. The van der Waals surface area contributed by atoms with Crippen molar-refractivity contribution in [3.8, 4) is 0 Å². The fourth-order valence-electron chi connectivity index (χ4n) is 3.67. The second-order valence-corrected chi connectivity index (χ2v) is 7.12. The first-order valence-electron chi connectivity index (χ1n) is 9.71. The lowest BCUT2D eigenvalue weighted by Gasteiger charge is -2.36. The van der Waals surface area contributed by atoms with Crippen LogP contribution in [0.4, 0.5) is 15.9 Å². The number of anilines is 2. The fraction of sp³-hybridized carbons (Fsp3) is 0.400. The summed E-state index contributed by atoms with van der Waals surface area (Å²) >= 11 is 0. The van der Waals surface area contributed by atoms with E-state index in [4.69, 9.17) is 0 Å². The molecule has 2 saturated heterocycles. The standard InChI is InChI=1S/C20H23FN6O2/c21-16-3-1-2-4-18(16)25-9-11-27(12-10-25)20(29)17-13-23-19(14-22-17)26-7-5-24(15-28)6-8-26/h1-4,13-15H,5-12H2. The maximum Gasteiger partial charge on any atom is 0.274 e. The van der Waals surface area contributed by atoms with Crippen LogP contribution in [0, 0.1) is 5.82 Å². The van der Waals surface area contributed by atoms with E-state index in [1.54, 1.807) is 28.1 Å². The van der Waals surface area contributed by atoms with Crippen LogP contribution in [-0.4, -0.2) is 84.4 Å². The number of carbonyl (C=O) groups is 2. The summed E-state index contributed by atoms with van der Waals surface area (Å²) in [6.07, 6.45) is 3.98. The Kier molecular flexibility index (Phi) is 5.55. The van der Waals surface area contributed by atoms with Gasteiger partial charge in [0.05, 0.1) is 18.1 Å². The van der Waals surface area contributed by atoms with E-state index in [2.05, 4.69) is 14.9 Å². The predicted molar refractivity (Wildman–Crippen MR) is 106 cm³/mol. The van der Waals surface area contributed by atoms with Crippen molar-refractivity contribution in [2.24, 2.45) is 0 Å². The van der Waals surface area contributed by atoms with E-state index in [-0.39, 0.29) is 11.7 Å². The molecular weight excluding hydrogens is 375 g/mol. The van der Waals surface area contributed by atoms with Crippen molar-refractivity contribution < 1.29 is 14.0 Å². The Balaban J connectivity index is 1.34. The molecule has 1 aromatic heterocycles. The quantitative estimate of drug-likeness (QED) is 0.712. The van der Waals surface area contributed by atoms with Gasteiger partial charge in [0.2, 0.25) is 6.41 Å². The summed E-state index contributed by atoms with van der Waals surface area (Å²) in [6.45, 7) is 4.83. The molecule has 0 bridgehead atoms. The van der Waals surface area contributed by atoms with Crippen molar-refractivity contribution in [2.45, 2.75) is 0 Å². The summed E-state index contributed by atoms with van der Waals surface area (Å²) in [5, 5.41) is 0. The lowest BCUT2D eigenvalue weighted by molar-refractivity contribution is -0.118. The molecule has 4 rings (SSSR count). The third-order valence-corrected chi connectivity index (χ3v) is 5.40. The summed E-state index contributed by atoms with van der Waals surface area (Å²) in [5.74, 6) is 0.294. The molecule has 2 fully saturated rings. The molecule has 2 aromatic rings. The van der Waals surface area contributed by atoms with Gasteiger partial charge in [0.25, 0.3) is 5.91 Å². The van der Waals surface area contributed by atoms with Crippen LogP contribution in [0.1, 0.15) is 10.5 Å². The maximum absolute atomic E-state index is 14.0. The summed E-state index contributed by atoms with van der Waals surface area (Å²) in [4.78, 5) is 39.7. The largest absolute Gasteiger partial charge is 0.366 e. The van der Waals surface area contributed by atoms with Crippen molar-refractivity contribution in [1.82, 2.24) is 19.8 Å². The Morgan fingerprint density at radius 2 is 1.59 bits per heavy atom. The fourth-order valence-corrected chi connectivity index (χ4v) is 3.67. The van der Waals surface area contributed by atoms with E-state index in [9.17, 15) is 14.0 Å². The third-order valence-electron chi connectivity index (χ3n) is 5.40. The van der Waals surface area contributed by atoms with Crippen LogP contribution in [0.15, 0.2) is 36.7 Å². The van der Waals surface area contributed by atoms with Crippen molar-refractivity contribution in [3.05, 3.63) is 48.2 Å². The molecule has 0 atom stereocenters. The Labute approximate surface area is 168 Å². The minimum Gasteiger partial charge on any atom is -0.366 e. The van der Waals surface area contributed by atoms with Crippen LogP contribution >= 0.6 is 0 Å². The van der Waals surface area contributed by atoms with Crippen molar-refractivity contribution >= 4 is 23.8 Å². The second-order valence-electron chi connectivity index (χ2n) is 7.12. The van der Waals surface area contributed by atoms with E-state index in [1.165, 1.54) is 12.3 Å². The first-order valence-corrected chi connectivity index (χ1v) is 9.71. The zero-order chi connectivity index (χ0) is 20.2. The lowest BCUT2D eigenvalue weighted by atomic mass is 10.2. The molecule has 152 valence electrons. The topological polar surface area (TPSA) is 72.9 Å². The Morgan fingerprint density at radius 3 is 2.21 bits per heavy atom.